The number of fused-ring (bicyclic) bond motifs is 1. The van der Waals surface area contributed by atoms with Crippen LogP contribution < -0.4 is 10.1 Å². The van der Waals surface area contributed by atoms with Crippen molar-refractivity contribution in [3.63, 3.8) is 0 Å². The lowest BCUT2D eigenvalue weighted by molar-refractivity contribution is -0.117. The molecule has 1 aliphatic heterocycles. The predicted molar refractivity (Wildman–Crippen MR) is 105 cm³/mol. The Kier molecular flexibility index (Phi) is 5.49. The molecule has 0 radical (unpaired) electrons. The lowest BCUT2D eigenvalue weighted by Crippen LogP contribution is -2.34. The summed E-state index contributed by atoms with van der Waals surface area (Å²) in [6.45, 7) is 5.60. The summed E-state index contributed by atoms with van der Waals surface area (Å²) in [5.74, 6) is 0.652. The number of halogens is 1. The second-order valence-corrected chi connectivity index (χ2v) is 7.78. The van der Waals surface area contributed by atoms with Crippen LogP contribution in [-0.2, 0) is 11.2 Å². The van der Waals surface area contributed by atoms with Gasteiger partial charge in [0.05, 0.1) is 16.4 Å². The fraction of sp³-hybridized carbons (Fsp3) is 0.300. The number of hydrogen-bond acceptors (Lipinski definition) is 4. The van der Waals surface area contributed by atoms with Gasteiger partial charge >= 0.3 is 0 Å². The molecule has 0 spiro atoms. The number of ketones is 1. The first-order valence-electron chi connectivity index (χ1n) is 8.40. The first-order valence-corrected chi connectivity index (χ1v) is 9.59. The van der Waals surface area contributed by atoms with Crippen molar-refractivity contribution in [2.24, 2.45) is 0 Å². The minimum Gasteiger partial charge on any atom is -0.486 e. The maximum Gasteiger partial charge on any atom is 0.246 e. The Morgan fingerprint density at radius 1 is 1.35 bits per heavy atom. The van der Waals surface area contributed by atoms with E-state index in [1.165, 1.54) is 11.3 Å². The summed E-state index contributed by atoms with van der Waals surface area (Å²) in [5, 5.41) is 3.43. The van der Waals surface area contributed by atoms with E-state index in [0.29, 0.717) is 29.3 Å². The highest BCUT2D eigenvalue weighted by atomic mass is 35.5. The van der Waals surface area contributed by atoms with Crippen LogP contribution >= 0.6 is 22.9 Å². The maximum absolute atomic E-state index is 11.9. The van der Waals surface area contributed by atoms with Gasteiger partial charge in [-0.3, -0.25) is 9.59 Å². The molecule has 3 rings (SSSR count). The number of amides is 1. The van der Waals surface area contributed by atoms with Crippen LogP contribution in [0.15, 0.2) is 35.9 Å². The summed E-state index contributed by atoms with van der Waals surface area (Å²) >= 11 is 7.87. The highest BCUT2D eigenvalue weighted by Gasteiger charge is 2.26. The fourth-order valence-corrected chi connectivity index (χ4v) is 3.97. The van der Waals surface area contributed by atoms with Crippen LogP contribution in [0.2, 0.25) is 5.02 Å². The molecule has 0 saturated carbocycles. The first-order chi connectivity index (χ1) is 12.4. The molecular formula is C20H20ClNO3S. The second-order valence-electron chi connectivity index (χ2n) is 6.29. The van der Waals surface area contributed by atoms with Gasteiger partial charge < -0.3 is 10.1 Å². The number of hydrogen-bond donors (Lipinski definition) is 1. The van der Waals surface area contributed by atoms with E-state index in [-0.39, 0.29) is 17.8 Å². The smallest absolute Gasteiger partial charge is 0.246 e. The van der Waals surface area contributed by atoms with Gasteiger partial charge in [-0.2, -0.15) is 0 Å². The number of Topliss-reactive ketones (excluding diaryl/α,β-unsaturated/α-hetero) is 1. The molecule has 0 aliphatic carbocycles. The average molecular weight is 390 g/mol. The third-order valence-electron chi connectivity index (χ3n) is 4.37. The summed E-state index contributed by atoms with van der Waals surface area (Å²) in [7, 11) is 0. The minimum atomic E-state index is -0.137. The molecule has 0 saturated heterocycles. The third-order valence-corrected chi connectivity index (χ3v) is 5.89. The summed E-state index contributed by atoms with van der Waals surface area (Å²) in [6, 6.07) is 7.69. The van der Waals surface area contributed by atoms with Gasteiger partial charge in [-0.25, -0.2) is 0 Å². The molecule has 1 amide bonds. The summed E-state index contributed by atoms with van der Waals surface area (Å²) in [5.41, 5.74) is 2.68. The van der Waals surface area contributed by atoms with Crippen molar-refractivity contribution in [1.82, 2.24) is 5.32 Å². The molecule has 1 aliphatic rings. The number of nitrogens with one attached hydrogen (secondary N) is 1. The van der Waals surface area contributed by atoms with Gasteiger partial charge in [0.25, 0.3) is 0 Å². The van der Waals surface area contributed by atoms with E-state index in [1.807, 2.05) is 25.1 Å². The maximum atomic E-state index is 11.9. The summed E-state index contributed by atoms with van der Waals surface area (Å²) in [4.78, 5) is 25.1. The number of carbonyl (C=O) groups is 2. The zero-order valence-corrected chi connectivity index (χ0v) is 16.5. The number of allylic oxidation sites excluding steroid dienone is 1. The zero-order valence-electron chi connectivity index (χ0n) is 14.9. The predicted octanol–water partition coefficient (Wildman–Crippen LogP) is 4.66. The number of benzene rings is 1. The van der Waals surface area contributed by atoms with Gasteiger partial charge in [-0.15, -0.1) is 11.3 Å². The number of rotatable bonds is 5. The molecule has 2 heterocycles. The standard InChI is InChI=1S/C20H20ClNO3S/c1-4-11(2)20(24)22-10-15-8-14-7-13(9-16(21)19(14)25-15)18-6-5-17(26-18)12(3)23/h4-7,9,15H,8,10H2,1-3H3,(H,22,24)/b11-4+/t15-/m0/s1. The lowest BCUT2D eigenvalue weighted by Gasteiger charge is -2.12. The highest BCUT2D eigenvalue weighted by molar-refractivity contribution is 7.17. The Hall–Kier alpha value is -2.11. The number of carbonyl (C=O) groups excluding carboxylic acids is 2. The van der Waals surface area contributed by atoms with Gasteiger partial charge in [0.2, 0.25) is 5.91 Å². The van der Waals surface area contributed by atoms with Gasteiger partial charge in [0.1, 0.15) is 11.9 Å². The van der Waals surface area contributed by atoms with Gasteiger partial charge in [0, 0.05) is 22.4 Å². The second kappa shape index (κ2) is 7.64. The van der Waals surface area contributed by atoms with E-state index < -0.39 is 0 Å². The summed E-state index contributed by atoms with van der Waals surface area (Å²) < 4.78 is 5.92. The van der Waals surface area contributed by atoms with Crippen LogP contribution in [-0.4, -0.2) is 24.3 Å². The fourth-order valence-electron chi connectivity index (χ4n) is 2.80. The molecule has 2 aromatic rings. The molecule has 1 aromatic carbocycles. The van der Waals surface area contributed by atoms with Crippen molar-refractivity contribution >= 4 is 34.6 Å². The molecule has 136 valence electrons. The van der Waals surface area contributed by atoms with E-state index in [0.717, 1.165) is 20.9 Å². The number of ether oxygens (including phenoxy) is 1. The van der Waals surface area contributed by atoms with Gasteiger partial charge in [-0.05, 0) is 50.6 Å². The van der Waals surface area contributed by atoms with Crippen molar-refractivity contribution in [3.8, 4) is 16.2 Å². The van der Waals surface area contributed by atoms with Crippen molar-refractivity contribution < 1.29 is 14.3 Å². The Labute approximate surface area is 161 Å². The largest absolute Gasteiger partial charge is 0.486 e. The van der Waals surface area contributed by atoms with E-state index in [9.17, 15) is 9.59 Å². The molecular weight excluding hydrogens is 370 g/mol. The molecule has 6 heteroatoms. The Morgan fingerprint density at radius 2 is 2.12 bits per heavy atom. The van der Waals surface area contributed by atoms with Crippen molar-refractivity contribution in [1.29, 1.82) is 0 Å². The van der Waals surface area contributed by atoms with Crippen molar-refractivity contribution in [2.45, 2.75) is 33.3 Å². The number of thiophene rings is 1. The average Bonchev–Trinajstić information content (AvgIpc) is 3.25. The molecule has 1 aromatic heterocycles. The molecule has 4 nitrogen and oxygen atoms in total. The normalized spacial score (nSPS) is 16.2. The van der Waals surface area contributed by atoms with E-state index in [2.05, 4.69) is 11.4 Å². The van der Waals surface area contributed by atoms with Crippen molar-refractivity contribution in [3.05, 3.63) is 51.4 Å². The van der Waals surface area contributed by atoms with Crippen LogP contribution in [0.25, 0.3) is 10.4 Å². The van der Waals surface area contributed by atoms with E-state index in [4.69, 9.17) is 16.3 Å². The van der Waals surface area contributed by atoms with Crippen molar-refractivity contribution in [2.75, 3.05) is 6.54 Å². The molecule has 26 heavy (non-hydrogen) atoms. The van der Waals surface area contributed by atoms with E-state index >= 15 is 0 Å². The molecule has 1 N–H and O–H groups in total. The molecule has 0 unspecified atom stereocenters. The Morgan fingerprint density at radius 3 is 2.77 bits per heavy atom. The van der Waals surface area contributed by atoms with Crippen LogP contribution in [0.4, 0.5) is 0 Å². The Balaban J connectivity index is 1.75. The zero-order chi connectivity index (χ0) is 18.8. The van der Waals surface area contributed by atoms with Crippen LogP contribution in [0.1, 0.15) is 36.0 Å². The Bertz CT molecular complexity index is 900. The monoisotopic (exact) mass is 389 g/mol. The topological polar surface area (TPSA) is 55.4 Å². The van der Waals surface area contributed by atoms with Crippen LogP contribution in [0.5, 0.6) is 5.75 Å². The lowest BCUT2D eigenvalue weighted by atomic mass is 10.1. The van der Waals surface area contributed by atoms with Crippen LogP contribution in [0.3, 0.4) is 0 Å². The van der Waals surface area contributed by atoms with E-state index in [1.54, 1.807) is 19.9 Å². The minimum absolute atomic E-state index is 0.0593. The molecule has 0 fully saturated rings. The van der Waals surface area contributed by atoms with Gasteiger partial charge in [0.15, 0.2) is 5.78 Å². The highest BCUT2D eigenvalue weighted by Crippen LogP contribution is 2.41. The summed E-state index contributed by atoms with van der Waals surface area (Å²) in [6.07, 6.45) is 2.32. The third kappa shape index (κ3) is 3.84. The molecule has 1 atom stereocenters. The van der Waals surface area contributed by atoms with Crippen LogP contribution in [0, 0.1) is 0 Å². The van der Waals surface area contributed by atoms with Gasteiger partial charge in [-0.1, -0.05) is 17.7 Å². The SMILES string of the molecule is C/C=C(\C)C(=O)NC[C@@H]1Cc2cc(-c3ccc(C(C)=O)s3)cc(Cl)c2O1. The molecule has 0 bridgehead atoms. The quantitative estimate of drug-likeness (QED) is 0.597. The first kappa shape index (κ1) is 18.7.